The molecule has 0 heterocycles. The topological polar surface area (TPSA) is 37.3 Å². The Kier molecular flexibility index (Phi) is 6.42. The third kappa shape index (κ3) is 4.81. The van der Waals surface area contributed by atoms with Crippen molar-refractivity contribution in [1.82, 2.24) is 0 Å². The molecule has 0 saturated carbocycles. The van der Waals surface area contributed by atoms with Crippen LogP contribution in [-0.4, -0.2) is 17.3 Å². The maximum absolute atomic E-state index is 13.5. The number of benzene rings is 2. The molecule has 0 saturated heterocycles. The van der Waals surface area contributed by atoms with Crippen molar-refractivity contribution in [3.05, 3.63) is 73.2 Å². The van der Waals surface area contributed by atoms with E-state index in [1.807, 2.05) is 0 Å². The SMILES string of the molecule is Cc1cc(C(/C=C\c2ccc(C(=O)O)c(Br)c2)C(F)(F)F)cc(Cl)c1Cl. The summed E-state index contributed by atoms with van der Waals surface area (Å²) in [4.78, 5) is 11.0. The Morgan fingerprint density at radius 3 is 2.38 bits per heavy atom. The second kappa shape index (κ2) is 8.03. The van der Waals surface area contributed by atoms with Crippen LogP contribution in [0.4, 0.5) is 13.2 Å². The van der Waals surface area contributed by atoms with Gasteiger partial charge in [-0.2, -0.15) is 13.2 Å². The number of allylic oxidation sites excluding steroid dienone is 1. The predicted molar refractivity (Wildman–Crippen MR) is 100 cm³/mol. The standard InChI is InChI=1S/C18H12BrCl2F3O2/c1-9-6-11(8-15(20)16(9)21)13(18(22,23)24)5-3-10-2-4-12(17(25)26)14(19)7-10/h2-8,13H,1H3,(H,25,26)/b5-3-. The summed E-state index contributed by atoms with van der Waals surface area (Å²) in [6, 6.07) is 6.73. The molecule has 2 nitrogen and oxygen atoms in total. The number of carboxylic acids is 1. The number of rotatable bonds is 4. The molecule has 26 heavy (non-hydrogen) atoms. The van der Waals surface area contributed by atoms with E-state index in [1.165, 1.54) is 36.4 Å². The average Bonchev–Trinajstić information content (AvgIpc) is 2.51. The van der Waals surface area contributed by atoms with E-state index in [9.17, 15) is 18.0 Å². The van der Waals surface area contributed by atoms with E-state index in [-0.39, 0.29) is 25.6 Å². The molecule has 2 rings (SSSR count). The van der Waals surface area contributed by atoms with Gasteiger partial charge in [-0.05, 0) is 57.7 Å². The van der Waals surface area contributed by atoms with E-state index in [2.05, 4.69) is 15.9 Å². The summed E-state index contributed by atoms with van der Waals surface area (Å²) >= 11 is 14.9. The molecule has 1 unspecified atom stereocenters. The molecule has 0 bridgehead atoms. The van der Waals surface area contributed by atoms with Crippen LogP contribution in [0, 0.1) is 6.92 Å². The minimum Gasteiger partial charge on any atom is -0.478 e. The first kappa shape index (κ1) is 20.8. The maximum atomic E-state index is 13.5. The molecular formula is C18H12BrCl2F3O2. The zero-order valence-corrected chi connectivity index (χ0v) is 16.3. The number of alkyl halides is 3. The summed E-state index contributed by atoms with van der Waals surface area (Å²) in [5.74, 6) is -3.01. The van der Waals surface area contributed by atoms with Crippen LogP contribution in [0.2, 0.25) is 10.0 Å². The summed E-state index contributed by atoms with van der Waals surface area (Å²) in [5, 5.41) is 9.25. The van der Waals surface area contributed by atoms with E-state index in [0.29, 0.717) is 11.1 Å². The van der Waals surface area contributed by atoms with Crippen molar-refractivity contribution in [1.29, 1.82) is 0 Å². The van der Waals surface area contributed by atoms with Gasteiger partial charge in [0.1, 0.15) is 0 Å². The van der Waals surface area contributed by atoms with Gasteiger partial charge in [0.15, 0.2) is 0 Å². The lowest BCUT2D eigenvalue weighted by molar-refractivity contribution is -0.139. The van der Waals surface area contributed by atoms with Gasteiger partial charge in [0.05, 0.1) is 21.5 Å². The van der Waals surface area contributed by atoms with Crippen LogP contribution >= 0.6 is 39.1 Å². The Labute approximate surface area is 166 Å². The van der Waals surface area contributed by atoms with Crippen LogP contribution < -0.4 is 0 Å². The quantitative estimate of drug-likeness (QED) is 0.519. The number of carboxylic acid groups (broad SMARTS) is 1. The third-order valence-electron chi connectivity index (χ3n) is 3.65. The number of halogens is 6. The van der Waals surface area contributed by atoms with Gasteiger partial charge in [-0.25, -0.2) is 4.79 Å². The Bertz CT molecular complexity index is 856. The predicted octanol–water partition coefficient (Wildman–Crippen LogP) is 7.12. The molecule has 138 valence electrons. The molecule has 1 atom stereocenters. The highest BCUT2D eigenvalue weighted by Gasteiger charge is 2.39. The van der Waals surface area contributed by atoms with Crippen molar-refractivity contribution in [2.45, 2.75) is 19.0 Å². The summed E-state index contributed by atoms with van der Waals surface area (Å²) in [6.07, 6.45) is -2.24. The van der Waals surface area contributed by atoms with Crippen LogP contribution in [0.3, 0.4) is 0 Å². The summed E-state index contributed by atoms with van der Waals surface area (Å²) in [5.41, 5.74) is 0.870. The van der Waals surface area contributed by atoms with E-state index < -0.39 is 18.1 Å². The fourth-order valence-electron chi connectivity index (χ4n) is 2.36. The van der Waals surface area contributed by atoms with Crippen molar-refractivity contribution in [2.75, 3.05) is 0 Å². The number of aromatic carboxylic acids is 1. The molecule has 2 aromatic carbocycles. The molecule has 0 radical (unpaired) electrons. The molecule has 8 heteroatoms. The van der Waals surface area contributed by atoms with Gasteiger partial charge in [0.25, 0.3) is 0 Å². The molecule has 2 aromatic rings. The maximum Gasteiger partial charge on any atom is 0.399 e. The van der Waals surface area contributed by atoms with Crippen LogP contribution in [0.15, 0.2) is 40.9 Å². The lowest BCUT2D eigenvalue weighted by Gasteiger charge is -2.19. The van der Waals surface area contributed by atoms with E-state index >= 15 is 0 Å². The number of hydrogen-bond acceptors (Lipinski definition) is 1. The normalized spacial score (nSPS) is 13.2. The Morgan fingerprint density at radius 1 is 1.23 bits per heavy atom. The van der Waals surface area contributed by atoms with Crippen molar-refractivity contribution in [2.24, 2.45) is 0 Å². The molecule has 0 spiro atoms. The van der Waals surface area contributed by atoms with Crippen LogP contribution in [0.1, 0.15) is 33.0 Å². The number of hydrogen-bond donors (Lipinski definition) is 1. The van der Waals surface area contributed by atoms with E-state index in [0.717, 1.165) is 6.08 Å². The van der Waals surface area contributed by atoms with Gasteiger partial charge in [0.2, 0.25) is 0 Å². The second-order valence-electron chi connectivity index (χ2n) is 5.56. The molecule has 0 fully saturated rings. The van der Waals surface area contributed by atoms with Crippen molar-refractivity contribution >= 4 is 51.2 Å². The third-order valence-corrected chi connectivity index (χ3v) is 5.20. The van der Waals surface area contributed by atoms with Gasteiger partial charge < -0.3 is 5.11 Å². The highest BCUT2D eigenvalue weighted by atomic mass is 79.9. The fraction of sp³-hybridized carbons (Fsp3) is 0.167. The molecular weight excluding hydrogens is 456 g/mol. The summed E-state index contributed by atoms with van der Waals surface area (Å²) in [7, 11) is 0. The van der Waals surface area contributed by atoms with Gasteiger partial charge in [-0.1, -0.05) is 47.5 Å². The fourth-order valence-corrected chi connectivity index (χ4v) is 3.31. The average molecular weight is 468 g/mol. The first-order valence-electron chi connectivity index (χ1n) is 7.24. The van der Waals surface area contributed by atoms with Crippen LogP contribution in [0.25, 0.3) is 6.08 Å². The summed E-state index contributed by atoms with van der Waals surface area (Å²) < 4.78 is 40.8. The first-order valence-corrected chi connectivity index (χ1v) is 8.79. The molecule has 0 amide bonds. The Balaban J connectivity index is 2.42. The minimum absolute atomic E-state index is 0.0228. The molecule has 0 aliphatic rings. The van der Waals surface area contributed by atoms with Gasteiger partial charge in [-0.15, -0.1) is 0 Å². The molecule has 0 aliphatic carbocycles. The smallest absolute Gasteiger partial charge is 0.399 e. The highest BCUT2D eigenvalue weighted by Crippen LogP contribution is 2.39. The lowest BCUT2D eigenvalue weighted by atomic mass is 9.95. The minimum atomic E-state index is -4.53. The zero-order chi connectivity index (χ0) is 19.6. The largest absolute Gasteiger partial charge is 0.478 e. The van der Waals surface area contributed by atoms with Gasteiger partial charge >= 0.3 is 12.1 Å². The monoisotopic (exact) mass is 466 g/mol. The van der Waals surface area contributed by atoms with Crippen molar-refractivity contribution in [3.8, 4) is 0 Å². The second-order valence-corrected chi connectivity index (χ2v) is 7.20. The lowest BCUT2D eigenvalue weighted by Crippen LogP contribution is -2.19. The first-order chi connectivity index (χ1) is 12.0. The Morgan fingerprint density at radius 2 is 1.88 bits per heavy atom. The van der Waals surface area contributed by atoms with E-state index in [1.54, 1.807) is 6.92 Å². The summed E-state index contributed by atoms with van der Waals surface area (Å²) in [6.45, 7) is 1.58. The molecule has 0 aliphatic heterocycles. The van der Waals surface area contributed by atoms with Crippen LogP contribution in [0.5, 0.6) is 0 Å². The molecule has 1 N–H and O–H groups in total. The Hall–Kier alpha value is -1.50. The number of carbonyl (C=O) groups is 1. The van der Waals surface area contributed by atoms with E-state index in [4.69, 9.17) is 28.3 Å². The van der Waals surface area contributed by atoms with Gasteiger partial charge in [-0.3, -0.25) is 0 Å². The number of aryl methyl sites for hydroxylation is 1. The highest BCUT2D eigenvalue weighted by molar-refractivity contribution is 9.10. The van der Waals surface area contributed by atoms with Gasteiger partial charge in [0, 0.05) is 4.47 Å². The zero-order valence-electron chi connectivity index (χ0n) is 13.2. The van der Waals surface area contributed by atoms with Crippen molar-refractivity contribution < 1.29 is 23.1 Å². The van der Waals surface area contributed by atoms with Crippen LogP contribution in [-0.2, 0) is 0 Å². The van der Waals surface area contributed by atoms with Crippen molar-refractivity contribution in [3.63, 3.8) is 0 Å². The molecule has 0 aromatic heterocycles.